The third-order valence-electron chi connectivity index (χ3n) is 9.65. The first kappa shape index (κ1) is 30.0. The number of rotatable bonds is 9. The van der Waals surface area contributed by atoms with Crippen molar-refractivity contribution in [2.24, 2.45) is 17.6 Å². The van der Waals surface area contributed by atoms with Crippen LogP contribution in [0.5, 0.6) is 0 Å². The van der Waals surface area contributed by atoms with Gasteiger partial charge in [-0.25, -0.2) is 9.48 Å². The summed E-state index contributed by atoms with van der Waals surface area (Å²) in [5.74, 6) is -2.44. The van der Waals surface area contributed by atoms with Gasteiger partial charge in [0.1, 0.15) is 18.6 Å². The minimum atomic E-state index is -1.14. The van der Waals surface area contributed by atoms with Crippen molar-refractivity contribution >= 4 is 35.5 Å². The zero-order valence-corrected chi connectivity index (χ0v) is 25.3. The molecule has 15 nitrogen and oxygen atoms in total. The summed E-state index contributed by atoms with van der Waals surface area (Å²) in [5.41, 5.74) is 6.11. The highest BCUT2D eigenvalue weighted by molar-refractivity contribution is 8.03. The first-order valence-corrected chi connectivity index (χ1v) is 16.0. The Morgan fingerprint density at radius 2 is 2.00 bits per heavy atom. The second kappa shape index (κ2) is 12.1. The Kier molecular flexibility index (Phi) is 8.45. The van der Waals surface area contributed by atoms with Crippen molar-refractivity contribution in [3.8, 4) is 0 Å². The average molecular weight is 617 g/mol. The van der Waals surface area contributed by atoms with E-state index in [4.69, 9.17) is 5.73 Å². The lowest BCUT2D eigenvalue weighted by Crippen LogP contribution is -2.66. The highest BCUT2D eigenvalue weighted by Gasteiger charge is 2.60. The number of carboxylic acids is 1. The molecule has 0 aliphatic carbocycles. The molecule has 0 radical (unpaired) electrons. The van der Waals surface area contributed by atoms with Crippen LogP contribution in [0.1, 0.15) is 39.5 Å². The van der Waals surface area contributed by atoms with E-state index in [2.05, 4.69) is 31.1 Å². The molecule has 6 heterocycles. The molecule has 4 fully saturated rings. The summed E-state index contributed by atoms with van der Waals surface area (Å²) in [7, 11) is 0. The second-order valence-corrected chi connectivity index (χ2v) is 13.8. The average Bonchev–Trinajstić information content (AvgIpc) is 3.77. The van der Waals surface area contributed by atoms with Gasteiger partial charge in [-0.3, -0.25) is 19.3 Å². The maximum absolute atomic E-state index is 13.4. The third-order valence-corrected chi connectivity index (χ3v) is 11.2. The van der Waals surface area contributed by atoms with Gasteiger partial charge in [-0.2, -0.15) is 0 Å². The van der Waals surface area contributed by atoms with Gasteiger partial charge in [0.2, 0.25) is 17.7 Å². The van der Waals surface area contributed by atoms with Crippen LogP contribution in [0.15, 0.2) is 16.9 Å². The number of thioether (sulfide) groups is 1. The lowest BCUT2D eigenvalue weighted by molar-refractivity contribution is -0.158. The van der Waals surface area contributed by atoms with Gasteiger partial charge in [0, 0.05) is 66.9 Å². The van der Waals surface area contributed by atoms with E-state index >= 15 is 0 Å². The number of piperidine rings is 1. The lowest BCUT2D eigenvalue weighted by Gasteiger charge is -2.47. The Morgan fingerprint density at radius 1 is 1.23 bits per heavy atom. The number of amides is 3. The highest BCUT2D eigenvalue weighted by Crippen LogP contribution is 2.51. The van der Waals surface area contributed by atoms with Crippen molar-refractivity contribution < 1.29 is 24.3 Å². The molecule has 1 unspecified atom stereocenters. The summed E-state index contributed by atoms with van der Waals surface area (Å²) < 4.78 is 1.29. The van der Waals surface area contributed by atoms with Gasteiger partial charge < -0.3 is 31.3 Å². The van der Waals surface area contributed by atoms with E-state index in [0.29, 0.717) is 23.9 Å². The van der Waals surface area contributed by atoms with Crippen molar-refractivity contribution in [1.82, 2.24) is 45.5 Å². The Balaban J connectivity index is 1.04. The number of nitrogens with one attached hydrogen (secondary N) is 2. The molecule has 0 bridgehead atoms. The van der Waals surface area contributed by atoms with Crippen LogP contribution in [-0.2, 0) is 25.7 Å². The normalized spacial score (nSPS) is 32.2. The molecule has 0 spiro atoms. The molecule has 6 rings (SSSR count). The number of carbonyl (C=O) groups excluding carboxylic acids is 3. The monoisotopic (exact) mass is 616 g/mol. The Bertz CT molecular complexity index is 1280. The van der Waals surface area contributed by atoms with Crippen LogP contribution >= 0.6 is 11.8 Å². The maximum atomic E-state index is 13.4. The fourth-order valence-electron chi connectivity index (χ4n) is 7.47. The van der Waals surface area contributed by atoms with Gasteiger partial charge in [0.05, 0.1) is 18.0 Å². The quantitative estimate of drug-likeness (QED) is 0.234. The summed E-state index contributed by atoms with van der Waals surface area (Å²) in [6.07, 6.45) is 4.88. The number of hydrogen-bond acceptors (Lipinski definition) is 11. The van der Waals surface area contributed by atoms with E-state index in [9.17, 15) is 24.3 Å². The Labute approximate surface area is 253 Å². The summed E-state index contributed by atoms with van der Waals surface area (Å²) in [5, 5.41) is 27.0. The van der Waals surface area contributed by atoms with E-state index in [0.717, 1.165) is 45.4 Å². The van der Waals surface area contributed by atoms with Gasteiger partial charge in [0.25, 0.3) is 0 Å². The summed E-state index contributed by atoms with van der Waals surface area (Å²) in [6.45, 7) is 7.65. The maximum Gasteiger partial charge on any atom is 0.353 e. The molecule has 234 valence electrons. The number of hydrogen-bond donors (Lipinski definition) is 4. The van der Waals surface area contributed by atoms with Crippen LogP contribution in [0.25, 0.3) is 0 Å². The molecular weight excluding hydrogens is 576 g/mol. The third kappa shape index (κ3) is 5.77. The standard InChI is InChI=1S/C27H40N10O5S/c1-14-22-21(15(2)31-20(38)12-36-13-30-32-33-36)26(40)37(22)23(27(41)42)24(14)43-18-9-19(29-10-18)25(39)34-7-4-17(5-8-34)35-6-3-16(28)11-35/h13-19,21-22,29H,3-12,28H2,1-2H3,(H,31,38)(H,41,42)/t14-,15-,16-,18?,19+,21-,22-/m1/s1. The molecule has 5 N–H and O–H groups in total. The van der Waals surface area contributed by atoms with Gasteiger partial charge in [-0.05, 0) is 43.0 Å². The van der Waals surface area contributed by atoms with Gasteiger partial charge >= 0.3 is 5.97 Å². The molecular formula is C27H40N10O5S. The lowest BCUT2D eigenvalue weighted by atomic mass is 9.78. The van der Waals surface area contributed by atoms with Crippen molar-refractivity contribution in [2.45, 2.75) is 81.5 Å². The van der Waals surface area contributed by atoms with E-state index in [1.165, 1.54) is 27.7 Å². The van der Waals surface area contributed by atoms with Gasteiger partial charge in [-0.1, -0.05) is 6.92 Å². The molecule has 43 heavy (non-hydrogen) atoms. The molecule has 7 atom stereocenters. The molecule has 1 aromatic rings. The molecule has 0 aromatic carbocycles. The molecule has 5 aliphatic heterocycles. The fourth-order valence-corrected chi connectivity index (χ4v) is 8.94. The number of carbonyl (C=O) groups is 4. The van der Waals surface area contributed by atoms with Crippen LogP contribution < -0.4 is 16.4 Å². The zero-order valence-electron chi connectivity index (χ0n) is 24.5. The smallest absolute Gasteiger partial charge is 0.353 e. The summed E-state index contributed by atoms with van der Waals surface area (Å²) >= 11 is 1.46. The molecule has 3 amide bonds. The number of tetrazole rings is 1. The number of nitrogens with two attached hydrogens (primary N) is 1. The Morgan fingerprint density at radius 3 is 2.65 bits per heavy atom. The fraction of sp³-hybridized carbons (Fsp3) is 0.741. The minimum Gasteiger partial charge on any atom is -0.477 e. The number of carboxylic acid groups (broad SMARTS) is 1. The minimum absolute atomic E-state index is 0.00467. The van der Waals surface area contributed by atoms with Crippen LogP contribution in [0.3, 0.4) is 0 Å². The van der Waals surface area contributed by atoms with Crippen LogP contribution in [-0.4, -0.2) is 132 Å². The predicted molar refractivity (Wildman–Crippen MR) is 155 cm³/mol. The first-order valence-electron chi connectivity index (χ1n) is 15.1. The van der Waals surface area contributed by atoms with E-state index in [1.807, 2.05) is 11.8 Å². The van der Waals surface area contributed by atoms with Crippen molar-refractivity contribution in [3.63, 3.8) is 0 Å². The number of aliphatic carboxylic acids is 1. The predicted octanol–water partition coefficient (Wildman–Crippen LogP) is -1.56. The number of fused-ring (bicyclic) bond motifs is 1. The molecule has 16 heteroatoms. The van der Waals surface area contributed by atoms with Crippen molar-refractivity contribution in [1.29, 1.82) is 0 Å². The van der Waals surface area contributed by atoms with Crippen LogP contribution in [0.4, 0.5) is 0 Å². The van der Waals surface area contributed by atoms with E-state index < -0.39 is 17.9 Å². The summed E-state index contributed by atoms with van der Waals surface area (Å²) in [6, 6.07) is -0.419. The highest BCUT2D eigenvalue weighted by atomic mass is 32.2. The molecule has 0 saturated carbocycles. The van der Waals surface area contributed by atoms with Crippen LogP contribution in [0, 0.1) is 11.8 Å². The largest absolute Gasteiger partial charge is 0.477 e. The molecule has 4 saturated heterocycles. The van der Waals surface area contributed by atoms with Gasteiger partial charge in [-0.15, -0.1) is 16.9 Å². The Hall–Kier alpha value is -3.08. The number of aromatic nitrogens is 4. The molecule has 5 aliphatic rings. The SMILES string of the molecule is C[C@@H](NC(=O)Cn1cnnn1)[C@H]1C(=O)N2C(C(=O)O)=C(SC3CN[C@H](C(=O)N4CCC(N5CC[C@@H](N)C5)CC4)C3)[C@H](C)[C@H]12. The number of β-lactam (4-membered cyclic amide) rings is 1. The second-order valence-electron chi connectivity index (χ2n) is 12.4. The number of nitrogens with zero attached hydrogens (tertiary/aromatic N) is 7. The topological polar surface area (TPSA) is 192 Å². The van der Waals surface area contributed by atoms with Crippen molar-refractivity contribution in [3.05, 3.63) is 16.9 Å². The van der Waals surface area contributed by atoms with Crippen molar-refractivity contribution in [2.75, 3.05) is 32.7 Å². The van der Waals surface area contributed by atoms with E-state index in [1.54, 1.807) is 6.92 Å². The molecule has 1 aromatic heterocycles. The van der Waals surface area contributed by atoms with Gasteiger partial charge in [0.15, 0.2) is 0 Å². The number of likely N-dealkylation sites (tertiary alicyclic amines) is 2. The zero-order chi connectivity index (χ0) is 30.4. The summed E-state index contributed by atoms with van der Waals surface area (Å²) in [4.78, 5) is 57.9. The van der Waals surface area contributed by atoms with E-state index in [-0.39, 0.29) is 59.3 Å². The van der Waals surface area contributed by atoms with Crippen LogP contribution in [0.2, 0.25) is 0 Å². The first-order chi connectivity index (χ1) is 20.6.